The minimum Gasteiger partial charge on any atom is -0.294 e. The van der Waals surface area contributed by atoms with Gasteiger partial charge in [0.1, 0.15) is 0 Å². The van der Waals surface area contributed by atoms with Crippen LogP contribution in [0.4, 0.5) is 13.2 Å². The smallest absolute Gasteiger partial charge is 0.195 e. The molecule has 0 saturated heterocycles. The molecule has 0 aliphatic heterocycles. The molecule has 0 bridgehead atoms. The third kappa shape index (κ3) is 1.71. The van der Waals surface area contributed by atoms with E-state index in [9.17, 15) is 18.0 Å². The van der Waals surface area contributed by atoms with Crippen molar-refractivity contribution in [2.75, 3.05) is 0 Å². The molecule has 4 heteroatoms. The summed E-state index contributed by atoms with van der Waals surface area (Å²) in [6.07, 6.45) is 0.0575. The highest BCUT2D eigenvalue weighted by Crippen LogP contribution is 2.16. The van der Waals surface area contributed by atoms with Crippen molar-refractivity contribution in [1.82, 2.24) is 0 Å². The Morgan fingerprint density at radius 2 is 1.85 bits per heavy atom. The molecular weight excluding hydrogens is 181 g/mol. The number of carbonyl (C=O) groups excluding carboxylic acids is 1. The van der Waals surface area contributed by atoms with Crippen LogP contribution in [0.25, 0.3) is 0 Å². The standard InChI is InChI=1S/C9H7F3O/c1-2-7(13)5-3-4-6(10)9(12)8(5)11/h3-4H,2H2,1H3. The second kappa shape index (κ2) is 3.60. The molecule has 0 N–H and O–H groups in total. The molecule has 0 fully saturated rings. The van der Waals surface area contributed by atoms with Crippen LogP contribution in [0, 0.1) is 17.5 Å². The first-order valence-electron chi connectivity index (χ1n) is 3.74. The fourth-order valence-corrected chi connectivity index (χ4v) is 0.932. The highest BCUT2D eigenvalue weighted by molar-refractivity contribution is 5.96. The van der Waals surface area contributed by atoms with Crippen LogP contribution in [0.2, 0.25) is 0 Å². The Balaban J connectivity index is 3.26. The van der Waals surface area contributed by atoms with Crippen LogP contribution >= 0.6 is 0 Å². The summed E-state index contributed by atoms with van der Waals surface area (Å²) in [5.74, 6) is -4.84. The van der Waals surface area contributed by atoms with Crippen LogP contribution in [-0.2, 0) is 0 Å². The lowest BCUT2D eigenvalue weighted by atomic mass is 10.1. The second-order valence-electron chi connectivity index (χ2n) is 2.50. The molecule has 0 aliphatic rings. The Morgan fingerprint density at radius 1 is 1.23 bits per heavy atom. The average molecular weight is 188 g/mol. The van der Waals surface area contributed by atoms with Gasteiger partial charge in [0.15, 0.2) is 23.2 Å². The van der Waals surface area contributed by atoms with E-state index in [4.69, 9.17) is 0 Å². The van der Waals surface area contributed by atoms with Crippen molar-refractivity contribution in [3.8, 4) is 0 Å². The molecule has 70 valence electrons. The lowest BCUT2D eigenvalue weighted by Gasteiger charge is -2.01. The van der Waals surface area contributed by atoms with Gasteiger partial charge in [-0.3, -0.25) is 4.79 Å². The quantitative estimate of drug-likeness (QED) is 0.515. The molecule has 0 heterocycles. The largest absolute Gasteiger partial charge is 0.294 e. The van der Waals surface area contributed by atoms with Gasteiger partial charge in [-0.05, 0) is 12.1 Å². The van der Waals surface area contributed by atoms with E-state index >= 15 is 0 Å². The fourth-order valence-electron chi connectivity index (χ4n) is 0.932. The number of rotatable bonds is 2. The van der Waals surface area contributed by atoms with Gasteiger partial charge in [0.25, 0.3) is 0 Å². The molecule has 0 aliphatic carbocycles. The van der Waals surface area contributed by atoms with Gasteiger partial charge in [0.2, 0.25) is 0 Å². The molecule has 0 unspecified atom stereocenters. The summed E-state index contributed by atoms with van der Waals surface area (Å²) in [7, 11) is 0. The first-order valence-corrected chi connectivity index (χ1v) is 3.74. The monoisotopic (exact) mass is 188 g/mol. The molecule has 0 spiro atoms. The first-order chi connectivity index (χ1) is 6.07. The highest BCUT2D eigenvalue weighted by atomic mass is 19.2. The van der Waals surface area contributed by atoms with Gasteiger partial charge in [-0.1, -0.05) is 6.92 Å². The summed E-state index contributed by atoms with van der Waals surface area (Å²) >= 11 is 0. The summed E-state index contributed by atoms with van der Waals surface area (Å²) < 4.78 is 37.9. The number of benzene rings is 1. The van der Waals surface area contributed by atoms with Crippen LogP contribution in [0.1, 0.15) is 23.7 Å². The Bertz CT molecular complexity index is 347. The number of hydrogen-bond acceptors (Lipinski definition) is 1. The van der Waals surface area contributed by atoms with Gasteiger partial charge in [-0.2, -0.15) is 0 Å². The second-order valence-corrected chi connectivity index (χ2v) is 2.50. The normalized spacial score (nSPS) is 10.2. The molecule has 0 atom stereocenters. The third-order valence-corrected chi connectivity index (χ3v) is 1.66. The summed E-state index contributed by atoms with van der Waals surface area (Å²) in [6.45, 7) is 1.52. The van der Waals surface area contributed by atoms with Crippen molar-refractivity contribution < 1.29 is 18.0 Å². The lowest BCUT2D eigenvalue weighted by molar-refractivity contribution is 0.0983. The van der Waals surface area contributed by atoms with Crippen molar-refractivity contribution >= 4 is 5.78 Å². The molecule has 0 radical (unpaired) electrons. The van der Waals surface area contributed by atoms with E-state index in [1.54, 1.807) is 0 Å². The first kappa shape index (κ1) is 9.77. The van der Waals surface area contributed by atoms with Gasteiger partial charge in [0.05, 0.1) is 5.56 Å². The lowest BCUT2D eigenvalue weighted by Crippen LogP contribution is -2.04. The topological polar surface area (TPSA) is 17.1 Å². The molecule has 1 nitrogen and oxygen atoms in total. The minimum atomic E-state index is -1.60. The molecule has 13 heavy (non-hydrogen) atoms. The summed E-state index contributed by atoms with van der Waals surface area (Å²) in [5.41, 5.74) is -0.401. The van der Waals surface area contributed by atoms with E-state index in [0.29, 0.717) is 0 Å². The molecule has 1 aromatic carbocycles. The van der Waals surface area contributed by atoms with Gasteiger partial charge in [-0.15, -0.1) is 0 Å². The number of hydrogen-bond donors (Lipinski definition) is 0. The maximum Gasteiger partial charge on any atom is 0.195 e. The zero-order chi connectivity index (χ0) is 10.0. The Kier molecular flexibility index (Phi) is 2.70. The molecule has 0 saturated carbocycles. The third-order valence-electron chi connectivity index (χ3n) is 1.66. The minimum absolute atomic E-state index is 0.0575. The molecule has 1 rings (SSSR count). The van der Waals surface area contributed by atoms with Crippen LogP contribution in [0.15, 0.2) is 12.1 Å². The molecule has 0 amide bonds. The Morgan fingerprint density at radius 3 is 2.38 bits per heavy atom. The molecular formula is C9H7F3O. The summed E-state index contributed by atoms with van der Waals surface area (Å²) in [5, 5.41) is 0. The van der Waals surface area contributed by atoms with E-state index in [0.717, 1.165) is 12.1 Å². The van der Waals surface area contributed by atoms with Crippen molar-refractivity contribution in [1.29, 1.82) is 0 Å². The van der Waals surface area contributed by atoms with Crippen LogP contribution < -0.4 is 0 Å². The molecule has 1 aromatic rings. The van der Waals surface area contributed by atoms with Crippen LogP contribution in [-0.4, -0.2) is 5.78 Å². The van der Waals surface area contributed by atoms with Gasteiger partial charge >= 0.3 is 0 Å². The predicted octanol–water partition coefficient (Wildman–Crippen LogP) is 2.70. The maximum absolute atomic E-state index is 12.9. The van der Waals surface area contributed by atoms with Gasteiger partial charge in [0, 0.05) is 6.42 Å². The number of ketones is 1. The van der Waals surface area contributed by atoms with E-state index in [-0.39, 0.29) is 6.42 Å². The number of halogens is 3. The Labute approximate surface area is 73.2 Å². The Hall–Kier alpha value is -1.32. The fraction of sp³-hybridized carbons (Fsp3) is 0.222. The van der Waals surface area contributed by atoms with E-state index in [2.05, 4.69) is 0 Å². The predicted molar refractivity (Wildman–Crippen MR) is 40.9 cm³/mol. The van der Waals surface area contributed by atoms with Crippen molar-refractivity contribution in [2.24, 2.45) is 0 Å². The van der Waals surface area contributed by atoms with Crippen LogP contribution in [0.3, 0.4) is 0 Å². The van der Waals surface area contributed by atoms with E-state index < -0.39 is 28.8 Å². The van der Waals surface area contributed by atoms with E-state index in [1.165, 1.54) is 6.92 Å². The average Bonchev–Trinajstić information content (AvgIpc) is 2.13. The summed E-state index contributed by atoms with van der Waals surface area (Å²) in [6, 6.07) is 1.68. The van der Waals surface area contributed by atoms with Gasteiger partial charge in [-0.25, -0.2) is 13.2 Å². The zero-order valence-electron chi connectivity index (χ0n) is 6.90. The van der Waals surface area contributed by atoms with Crippen molar-refractivity contribution in [3.63, 3.8) is 0 Å². The number of Topliss-reactive ketones (excluding diaryl/α,β-unsaturated/α-hetero) is 1. The number of carbonyl (C=O) groups is 1. The van der Waals surface area contributed by atoms with Gasteiger partial charge < -0.3 is 0 Å². The van der Waals surface area contributed by atoms with E-state index in [1.807, 2.05) is 0 Å². The SMILES string of the molecule is CCC(=O)c1ccc(F)c(F)c1F. The zero-order valence-corrected chi connectivity index (χ0v) is 6.90. The van der Waals surface area contributed by atoms with Crippen LogP contribution in [0.5, 0.6) is 0 Å². The molecule has 0 aromatic heterocycles. The summed E-state index contributed by atoms with van der Waals surface area (Å²) in [4.78, 5) is 11.0. The van der Waals surface area contributed by atoms with Crippen molar-refractivity contribution in [2.45, 2.75) is 13.3 Å². The van der Waals surface area contributed by atoms with Crippen molar-refractivity contribution in [3.05, 3.63) is 35.1 Å². The maximum atomic E-state index is 12.9. The highest BCUT2D eigenvalue weighted by Gasteiger charge is 2.16.